The molecule has 22 heavy (non-hydrogen) atoms. The molecular formula is C16H24ClNO3S. The molecule has 2 atom stereocenters. The van der Waals surface area contributed by atoms with Gasteiger partial charge in [-0.3, -0.25) is 0 Å². The minimum atomic E-state index is -3.47. The Kier molecular flexibility index (Phi) is 6.68. The molecule has 0 bridgehead atoms. The van der Waals surface area contributed by atoms with Gasteiger partial charge in [0, 0.05) is 12.4 Å². The average Bonchev–Trinajstić information content (AvgIpc) is 2.52. The van der Waals surface area contributed by atoms with Crippen molar-refractivity contribution in [1.29, 1.82) is 0 Å². The van der Waals surface area contributed by atoms with Crippen LogP contribution in [-0.2, 0) is 16.4 Å². The Labute approximate surface area is 137 Å². The van der Waals surface area contributed by atoms with Crippen molar-refractivity contribution < 1.29 is 13.5 Å². The van der Waals surface area contributed by atoms with Gasteiger partial charge in [0.1, 0.15) is 0 Å². The molecule has 2 unspecified atom stereocenters. The van der Waals surface area contributed by atoms with Gasteiger partial charge in [0.05, 0.1) is 11.0 Å². The van der Waals surface area contributed by atoms with Gasteiger partial charge in [-0.1, -0.05) is 18.6 Å². The van der Waals surface area contributed by atoms with Gasteiger partial charge in [0.25, 0.3) is 0 Å². The van der Waals surface area contributed by atoms with Crippen LogP contribution in [0, 0.1) is 5.92 Å². The fraction of sp³-hybridized carbons (Fsp3) is 0.625. The van der Waals surface area contributed by atoms with E-state index >= 15 is 0 Å². The molecule has 4 nitrogen and oxygen atoms in total. The molecule has 2 N–H and O–H groups in total. The van der Waals surface area contributed by atoms with E-state index in [0.29, 0.717) is 23.7 Å². The SMILES string of the molecule is O=S(=O)(NCC1CCCC(O)C1)c1ccc(CCCCl)cc1. The van der Waals surface area contributed by atoms with Gasteiger partial charge >= 0.3 is 0 Å². The number of aryl methyl sites for hydroxylation is 1. The number of hydrogen-bond donors (Lipinski definition) is 2. The summed E-state index contributed by atoms with van der Waals surface area (Å²) in [6.07, 6.45) is 4.89. The molecule has 1 aromatic carbocycles. The maximum Gasteiger partial charge on any atom is 0.240 e. The molecule has 2 rings (SSSR count). The second-order valence-corrected chi connectivity index (χ2v) is 8.12. The molecule has 1 aliphatic carbocycles. The highest BCUT2D eigenvalue weighted by molar-refractivity contribution is 7.89. The Balaban J connectivity index is 1.91. The second kappa shape index (κ2) is 8.29. The Morgan fingerprint density at radius 3 is 2.59 bits per heavy atom. The molecule has 6 heteroatoms. The van der Waals surface area contributed by atoms with Crippen molar-refractivity contribution in [3.05, 3.63) is 29.8 Å². The van der Waals surface area contributed by atoms with E-state index < -0.39 is 10.0 Å². The van der Waals surface area contributed by atoms with Crippen molar-refractivity contribution in [1.82, 2.24) is 4.72 Å². The first-order valence-corrected chi connectivity index (χ1v) is 9.85. The van der Waals surface area contributed by atoms with E-state index in [0.717, 1.165) is 37.7 Å². The molecule has 124 valence electrons. The van der Waals surface area contributed by atoms with Crippen molar-refractivity contribution in [2.24, 2.45) is 5.92 Å². The van der Waals surface area contributed by atoms with Gasteiger partial charge in [-0.25, -0.2) is 13.1 Å². The van der Waals surface area contributed by atoms with Crippen molar-refractivity contribution >= 4 is 21.6 Å². The zero-order valence-electron chi connectivity index (χ0n) is 12.7. The maximum atomic E-state index is 12.3. The molecular weight excluding hydrogens is 322 g/mol. The number of sulfonamides is 1. The van der Waals surface area contributed by atoms with Crippen LogP contribution in [0.5, 0.6) is 0 Å². The highest BCUT2D eigenvalue weighted by Gasteiger charge is 2.22. The largest absolute Gasteiger partial charge is 0.393 e. The van der Waals surface area contributed by atoms with Crippen LogP contribution in [0.15, 0.2) is 29.2 Å². The lowest BCUT2D eigenvalue weighted by molar-refractivity contribution is 0.102. The number of aliphatic hydroxyl groups excluding tert-OH is 1. The van der Waals surface area contributed by atoms with Gasteiger partial charge in [-0.2, -0.15) is 0 Å². The molecule has 0 heterocycles. The van der Waals surface area contributed by atoms with E-state index in [4.69, 9.17) is 11.6 Å². The van der Waals surface area contributed by atoms with E-state index in [1.165, 1.54) is 0 Å². The normalized spacial score (nSPS) is 22.6. The first-order chi connectivity index (χ1) is 10.5. The van der Waals surface area contributed by atoms with Gasteiger partial charge in [-0.05, 0) is 55.7 Å². The number of halogens is 1. The Hall–Kier alpha value is -0.620. The van der Waals surface area contributed by atoms with Gasteiger partial charge in [0.2, 0.25) is 10.0 Å². The van der Waals surface area contributed by atoms with E-state index in [1.54, 1.807) is 12.1 Å². The quantitative estimate of drug-likeness (QED) is 0.747. The third-order valence-electron chi connectivity index (χ3n) is 4.15. The molecule has 1 fully saturated rings. The zero-order valence-corrected chi connectivity index (χ0v) is 14.2. The number of nitrogens with one attached hydrogen (secondary N) is 1. The fourth-order valence-electron chi connectivity index (χ4n) is 2.87. The van der Waals surface area contributed by atoms with Crippen molar-refractivity contribution in [3.8, 4) is 0 Å². The lowest BCUT2D eigenvalue weighted by Gasteiger charge is -2.25. The number of hydrogen-bond acceptors (Lipinski definition) is 3. The number of benzene rings is 1. The third kappa shape index (κ3) is 5.23. The van der Waals surface area contributed by atoms with Crippen LogP contribution < -0.4 is 4.72 Å². The lowest BCUT2D eigenvalue weighted by atomic mass is 9.87. The van der Waals surface area contributed by atoms with E-state index in [1.807, 2.05) is 12.1 Å². The Morgan fingerprint density at radius 1 is 1.23 bits per heavy atom. The Bertz CT molecular complexity index is 559. The first-order valence-electron chi connectivity index (χ1n) is 7.84. The topological polar surface area (TPSA) is 66.4 Å². The summed E-state index contributed by atoms with van der Waals surface area (Å²) in [4.78, 5) is 0.290. The highest BCUT2D eigenvalue weighted by atomic mass is 35.5. The van der Waals surface area contributed by atoms with E-state index in [-0.39, 0.29) is 12.0 Å². The average molecular weight is 346 g/mol. The predicted octanol–water partition coefficient (Wildman–Crippen LogP) is 2.69. The summed E-state index contributed by atoms with van der Waals surface area (Å²) in [7, 11) is -3.47. The zero-order chi connectivity index (χ0) is 16.0. The minimum Gasteiger partial charge on any atom is -0.393 e. The summed E-state index contributed by atoms with van der Waals surface area (Å²) in [5.41, 5.74) is 1.09. The summed E-state index contributed by atoms with van der Waals surface area (Å²) in [5, 5.41) is 9.64. The first kappa shape index (κ1) is 17.7. The number of alkyl halides is 1. The van der Waals surface area contributed by atoms with Crippen molar-refractivity contribution in [3.63, 3.8) is 0 Å². The van der Waals surface area contributed by atoms with Crippen LogP contribution >= 0.6 is 11.6 Å². The van der Waals surface area contributed by atoms with Crippen LogP contribution in [0.3, 0.4) is 0 Å². The molecule has 1 aliphatic rings. The van der Waals surface area contributed by atoms with Crippen molar-refractivity contribution in [2.75, 3.05) is 12.4 Å². The van der Waals surface area contributed by atoms with Gasteiger partial charge in [0.15, 0.2) is 0 Å². The molecule has 0 radical (unpaired) electrons. The summed E-state index contributed by atoms with van der Waals surface area (Å²) < 4.78 is 27.2. The van der Waals surface area contributed by atoms with Crippen molar-refractivity contribution in [2.45, 2.75) is 49.5 Å². The summed E-state index contributed by atoms with van der Waals surface area (Å²) in [5.74, 6) is 0.830. The molecule has 1 saturated carbocycles. The lowest BCUT2D eigenvalue weighted by Crippen LogP contribution is -2.33. The maximum absolute atomic E-state index is 12.3. The van der Waals surface area contributed by atoms with Crippen LogP contribution in [0.2, 0.25) is 0 Å². The highest BCUT2D eigenvalue weighted by Crippen LogP contribution is 2.24. The second-order valence-electron chi connectivity index (χ2n) is 5.97. The predicted molar refractivity (Wildman–Crippen MR) is 88.6 cm³/mol. The number of rotatable bonds is 7. The molecule has 0 aliphatic heterocycles. The molecule has 0 saturated heterocycles. The Morgan fingerprint density at radius 2 is 1.95 bits per heavy atom. The summed E-state index contributed by atoms with van der Waals surface area (Å²) in [6.45, 7) is 0.396. The fourth-order valence-corrected chi connectivity index (χ4v) is 4.11. The molecule has 0 amide bonds. The minimum absolute atomic E-state index is 0.224. The number of aliphatic hydroxyl groups is 1. The van der Waals surface area contributed by atoms with Gasteiger partial charge < -0.3 is 5.11 Å². The van der Waals surface area contributed by atoms with Gasteiger partial charge in [-0.15, -0.1) is 11.6 Å². The third-order valence-corrected chi connectivity index (χ3v) is 5.86. The summed E-state index contributed by atoms with van der Waals surface area (Å²) in [6, 6.07) is 6.96. The molecule has 0 aromatic heterocycles. The smallest absolute Gasteiger partial charge is 0.240 e. The summed E-state index contributed by atoms with van der Waals surface area (Å²) >= 11 is 5.66. The van der Waals surface area contributed by atoms with Crippen LogP contribution in [0.25, 0.3) is 0 Å². The van der Waals surface area contributed by atoms with Crippen LogP contribution in [0.4, 0.5) is 0 Å². The van der Waals surface area contributed by atoms with Crippen LogP contribution in [-0.4, -0.2) is 32.1 Å². The monoisotopic (exact) mass is 345 g/mol. The van der Waals surface area contributed by atoms with Crippen LogP contribution in [0.1, 0.15) is 37.7 Å². The molecule has 0 spiro atoms. The standard InChI is InChI=1S/C16H24ClNO3S/c17-10-2-4-13-6-8-16(9-7-13)22(20,21)18-12-14-3-1-5-15(19)11-14/h6-9,14-15,18-19H,1-5,10-12H2. The molecule has 1 aromatic rings. The van der Waals surface area contributed by atoms with E-state index in [9.17, 15) is 13.5 Å². The van der Waals surface area contributed by atoms with E-state index in [2.05, 4.69) is 4.72 Å².